The summed E-state index contributed by atoms with van der Waals surface area (Å²) in [5.74, 6) is 2.20. The molecule has 2 aromatic carbocycles. The number of piperidine rings is 1. The smallest absolute Gasteiger partial charge is 0.260 e. The second-order valence-electron chi connectivity index (χ2n) is 8.27. The highest BCUT2D eigenvalue weighted by Gasteiger charge is 2.25. The highest BCUT2D eigenvalue weighted by Crippen LogP contribution is 2.21. The van der Waals surface area contributed by atoms with E-state index in [1.165, 1.54) is 0 Å². The van der Waals surface area contributed by atoms with Crippen molar-refractivity contribution in [3.05, 3.63) is 60.2 Å². The molecule has 6 nitrogen and oxygen atoms in total. The summed E-state index contributed by atoms with van der Waals surface area (Å²) in [6, 6.07) is 17.5. The van der Waals surface area contributed by atoms with E-state index in [9.17, 15) is 4.79 Å². The Labute approximate surface area is 184 Å². The molecule has 0 radical (unpaired) electrons. The predicted octanol–water partition coefficient (Wildman–Crippen LogP) is 3.22. The van der Waals surface area contributed by atoms with Gasteiger partial charge in [-0.25, -0.2) is 0 Å². The molecule has 6 heteroatoms. The van der Waals surface area contributed by atoms with E-state index in [2.05, 4.69) is 4.90 Å². The van der Waals surface area contributed by atoms with Crippen molar-refractivity contribution in [3.63, 3.8) is 0 Å². The molecule has 2 fully saturated rings. The standard InChI is InChI=1S/C25H32N2O4/c28-25(27-12-10-21(11-13-27)18-26-14-16-29-17-15-26)20-31-24-8-6-23(7-9-24)30-19-22-4-2-1-3-5-22/h1-9,21H,10-20H2. The van der Waals surface area contributed by atoms with Crippen molar-refractivity contribution in [1.82, 2.24) is 9.80 Å². The lowest BCUT2D eigenvalue weighted by Crippen LogP contribution is -2.45. The summed E-state index contributed by atoms with van der Waals surface area (Å²) in [6.45, 7) is 7.13. The number of carbonyl (C=O) groups is 1. The fourth-order valence-electron chi connectivity index (χ4n) is 4.12. The van der Waals surface area contributed by atoms with Gasteiger partial charge in [0.25, 0.3) is 5.91 Å². The third-order valence-electron chi connectivity index (χ3n) is 6.02. The summed E-state index contributed by atoms with van der Waals surface area (Å²) in [4.78, 5) is 17.0. The zero-order valence-corrected chi connectivity index (χ0v) is 18.1. The van der Waals surface area contributed by atoms with Crippen LogP contribution in [0.3, 0.4) is 0 Å². The first-order valence-electron chi connectivity index (χ1n) is 11.2. The molecule has 0 unspecified atom stereocenters. The van der Waals surface area contributed by atoms with Crippen LogP contribution in [0.2, 0.25) is 0 Å². The van der Waals surface area contributed by atoms with Crippen LogP contribution in [0.15, 0.2) is 54.6 Å². The van der Waals surface area contributed by atoms with Gasteiger partial charge in [-0.3, -0.25) is 9.69 Å². The first-order chi connectivity index (χ1) is 15.3. The molecule has 2 heterocycles. The number of carbonyl (C=O) groups excluding carboxylic acids is 1. The Morgan fingerprint density at radius 1 is 0.871 bits per heavy atom. The van der Waals surface area contributed by atoms with Gasteiger partial charge in [0.15, 0.2) is 6.61 Å². The van der Waals surface area contributed by atoms with Crippen LogP contribution in [0, 0.1) is 5.92 Å². The summed E-state index contributed by atoms with van der Waals surface area (Å²) in [5, 5.41) is 0. The van der Waals surface area contributed by atoms with Gasteiger partial charge in [-0.05, 0) is 48.6 Å². The van der Waals surface area contributed by atoms with Crippen molar-refractivity contribution in [2.75, 3.05) is 52.5 Å². The van der Waals surface area contributed by atoms with Crippen LogP contribution < -0.4 is 9.47 Å². The van der Waals surface area contributed by atoms with Crippen LogP contribution in [0.5, 0.6) is 11.5 Å². The van der Waals surface area contributed by atoms with E-state index in [4.69, 9.17) is 14.2 Å². The Morgan fingerprint density at radius 2 is 1.52 bits per heavy atom. The third kappa shape index (κ3) is 6.71. The third-order valence-corrected chi connectivity index (χ3v) is 6.02. The minimum absolute atomic E-state index is 0.0641. The Balaban J connectivity index is 1.15. The van der Waals surface area contributed by atoms with Crippen LogP contribution in [0.4, 0.5) is 0 Å². The number of hydrogen-bond donors (Lipinski definition) is 0. The molecule has 0 aromatic heterocycles. The lowest BCUT2D eigenvalue weighted by Gasteiger charge is -2.36. The quantitative estimate of drug-likeness (QED) is 0.651. The van der Waals surface area contributed by atoms with Gasteiger partial charge in [-0.2, -0.15) is 0 Å². The van der Waals surface area contributed by atoms with Gasteiger partial charge in [0.2, 0.25) is 0 Å². The summed E-state index contributed by atoms with van der Waals surface area (Å²) in [5.41, 5.74) is 1.13. The maximum absolute atomic E-state index is 12.5. The van der Waals surface area contributed by atoms with Gasteiger partial charge < -0.3 is 19.1 Å². The molecule has 31 heavy (non-hydrogen) atoms. The van der Waals surface area contributed by atoms with Crippen molar-refractivity contribution < 1.29 is 19.0 Å². The molecule has 0 saturated carbocycles. The number of likely N-dealkylation sites (tertiary alicyclic amines) is 1. The van der Waals surface area contributed by atoms with Gasteiger partial charge in [-0.15, -0.1) is 0 Å². The molecule has 0 spiro atoms. The maximum atomic E-state index is 12.5. The highest BCUT2D eigenvalue weighted by atomic mass is 16.5. The Hall–Kier alpha value is -2.57. The van der Waals surface area contributed by atoms with Crippen molar-refractivity contribution >= 4 is 5.91 Å². The Morgan fingerprint density at radius 3 is 2.19 bits per heavy atom. The van der Waals surface area contributed by atoms with Gasteiger partial charge in [0, 0.05) is 32.7 Å². The zero-order chi connectivity index (χ0) is 21.3. The zero-order valence-electron chi connectivity index (χ0n) is 18.1. The molecule has 1 amide bonds. The fraction of sp³-hybridized carbons (Fsp3) is 0.480. The number of ether oxygens (including phenoxy) is 3. The van der Waals surface area contributed by atoms with Gasteiger partial charge in [0.05, 0.1) is 13.2 Å². The molecular weight excluding hydrogens is 392 g/mol. The number of rotatable bonds is 8. The average Bonchev–Trinajstić information content (AvgIpc) is 2.84. The Bertz CT molecular complexity index is 798. The normalized spacial score (nSPS) is 18.0. The van der Waals surface area contributed by atoms with Crippen molar-refractivity contribution in [2.45, 2.75) is 19.4 Å². The molecule has 2 aliphatic rings. The maximum Gasteiger partial charge on any atom is 0.260 e. The van der Waals surface area contributed by atoms with E-state index in [1.54, 1.807) is 0 Å². The molecule has 2 aliphatic heterocycles. The number of benzene rings is 2. The van der Waals surface area contributed by atoms with Crippen LogP contribution in [0.25, 0.3) is 0 Å². The van der Waals surface area contributed by atoms with E-state index in [-0.39, 0.29) is 12.5 Å². The van der Waals surface area contributed by atoms with Crippen molar-refractivity contribution in [3.8, 4) is 11.5 Å². The van der Waals surface area contributed by atoms with E-state index in [0.29, 0.717) is 18.3 Å². The van der Waals surface area contributed by atoms with Crippen LogP contribution >= 0.6 is 0 Å². The second-order valence-corrected chi connectivity index (χ2v) is 8.27. The fourth-order valence-corrected chi connectivity index (χ4v) is 4.12. The minimum Gasteiger partial charge on any atom is -0.489 e. The number of morpholine rings is 1. The monoisotopic (exact) mass is 424 g/mol. The molecule has 2 aromatic rings. The van der Waals surface area contributed by atoms with Gasteiger partial charge >= 0.3 is 0 Å². The van der Waals surface area contributed by atoms with Gasteiger partial charge in [0.1, 0.15) is 18.1 Å². The minimum atomic E-state index is 0.0641. The number of nitrogens with zero attached hydrogens (tertiary/aromatic N) is 2. The number of hydrogen-bond acceptors (Lipinski definition) is 5. The summed E-state index contributed by atoms with van der Waals surface area (Å²) in [7, 11) is 0. The molecular formula is C25H32N2O4. The predicted molar refractivity (Wildman–Crippen MR) is 119 cm³/mol. The SMILES string of the molecule is O=C(COc1ccc(OCc2ccccc2)cc1)N1CCC(CN2CCOCC2)CC1. The highest BCUT2D eigenvalue weighted by molar-refractivity contribution is 5.77. The van der Waals surface area contributed by atoms with Crippen molar-refractivity contribution in [1.29, 1.82) is 0 Å². The molecule has 0 atom stereocenters. The lowest BCUT2D eigenvalue weighted by molar-refractivity contribution is -0.134. The molecule has 0 N–H and O–H groups in total. The summed E-state index contributed by atoms with van der Waals surface area (Å²) in [6.07, 6.45) is 2.13. The van der Waals surface area contributed by atoms with Crippen LogP contribution in [-0.4, -0.2) is 68.3 Å². The average molecular weight is 425 g/mol. The second kappa shape index (κ2) is 11.2. The van der Waals surface area contributed by atoms with E-state index < -0.39 is 0 Å². The van der Waals surface area contributed by atoms with Gasteiger partial charge in [-0.1, -0.05) is 30.3 Å². The van der Waals surface area contributed by atoms with Crippen LogP contribution in [-0.2, 0) is 16.1 Å². The molecule has 166 valence electrons. The molecule has 0 bridgehead atoms. The molecule has 4 rings (SSSR count). The summed E-state index contributed by atoms with van der Waals surface area (Å²) >= 11 is 0. The number of amides is 1. The first-order valence-corrected chi connectivity index (χ1v) is 11.2. The lowest BCUT2D eigenvalue weighted by atomic mass is 9.96. The summed E-state index contributed by atoms with van der Waals surface area (Å²) < 4.78 is 16.9. The topological polar surface area (TPSA) is 51.2 Å². The van der Waals surface area contributed by atoms with E-state index in [1.807, 2.05) is 59.5 Å². The largest absolute Gasteiger partial charge is 0.489 e. The van der Waals surface area contributed by atoms with Crippen LogP contribution in [0.1, 0.15) is 18.4 Å². The molecule has 2 saturated heterocycles. The Kier molecular flexibility index (Phi) is 7.80. The van der Waals surface area contributed by atoms with E-state index in [0.717, 1.165) is 70.1 Å². The first kappa shape index (κ1) is 21.7. The molecule has 0 aliphatic carbocycles. The van der Waals surface area contributed by atoms with Crippen molar-refractivity contribution in [2.24, 2.45) is 5.92 Å². The van der Waals surface area contributed by atoms with E-state index >= 15 is 0 Å².